The monoisotopic (exact) mass is 470 g/mol. The van der Waals surface area contributed by atoms with Gasteiger partial charge in [-0.1, -0.05) is 33.3 Å². The van der Waals surface area contributed by atoms with Crippen LogP contribution < -0.4 is 4.74 Å². The number of rotatable bonds is 6. The zero-order chi connectivity index (χ0) is 20.4. The highest BCUT2D eigenvalue weighted by atomic mass is 79.9. The molecule has 2 heterocycles. The Morgan fingerprint density at radius 3 is 2.48 bits per heavy atom. The van der Waals surface area contributed by atoms with Crippen LogP contribution in [0.4, 0.5) is 0 Å². The van der Waals surface area contributed by atoms with E-state index in [0.29, 0.717) is 6.54 Å². The number of hydrogen-bond donors (Lipinski definition) is 1. The van der Waals surface area contributed by atoms with Gasteiger partial charge in [0.25, 0.3) is 0 Å². The zero-order valence-corrected chi connectivity index (χ0v) is 18.3. The first kappa shape index (κ1) is 19.8. The Labute approximate surface area is 180 Å². The molecule has 1 N–H and O–H groups in total. The van der Waals surface area contributed by atoms with Gasteiger partial charge in [-0.05, 0) is 43.3 Å². The number of nitrogens with zero attached hydrogens (tertiary/aromatic N) is 4. The molecule has 0 fully saturated rings. The predicted octanol–water partition coefficient (Wildman–Crippen LogP) is 4.88. The number of ether oxygens (including phenoxy) is 1. The minimum absolute atomic E-state index is 0.311. The van der Waals surface area contributed by atoms with Gasteiger partial charge in [0.15, 0.2) is 0 Å². The van der Waals surface area contributed by atoms with Crippen molar-refractivity contribution in [1.29, 1.82) is 0 Å². The highest BCUT2D eigenvalue weighted by Crippen LogP contribution is 2.33. The molecule has 4 rings (SSSR count). The summed E-state index contributed by atoms with van der Waals surface area (Å²) < 4.78 is 7.86. The topological polar surface area (TPSA) is 73.1 Å². The molecule has 0 amide bonds. The fourth-order valence-corrected chi connectivity index (χ4v) is 4.29. The molecule has 0 radical (unpaired) electrons. The van der Waals surface area contributed by atoms with E-state index < -0.39 is 6.10 Å². The van der Waals surface area contributed by atoms with E-state index in [0.717, 1.165) is 42.6 Å². The molecule has 148 valence electrons. The summed E-state index contributed by atoms with van der Waals surface area (Å²) in [6, 6.07) is 15.6. The van der Waals surface area contributed by atoms with E-state index in [-0.39, 0.29) is 0 Å². The fourth-order valence-electron chi connectivity index (χ4n) is 2.98. The van der Waals surface area contributed by atoms with Gasteiger partial charge >= 0.3 is 0 Å². The second-order valence-electron chi connectivity index (χ2n) is 6.55. The van der Waals surface area contributed by atoms with Crippen LogP contribution in [0, 0.1) is 6.92 Å². The molecule has 0 aliphatic carbocycles. The van der Waals surface area contributed by atoms with Crippen LogP contribution in [0.3, 0.4) is 0 Å². The lowest BCUT2D eigenvalue weighted by atomic mass is 10.1. The van der Waals surface area contributed by atoms with E-state index in [1.807, 2.05) is 61.7 Å². The molecule has 6 nitrogen and oxygen atoms in total. The third kappa shape index (κ3) is 4.39. The molecular weight excluding hydrogens is 452 g/mol. The smallest absolute Gasteiger partial charge is 0.123 e. The van der Waals surface area contributed by atoms with Crippen molar-refractivity contribution in [3.63, 3.8) is 0 Å². The molecule has 0 spiro atoms. The van der Waals surface area contributed by atoms with Crippen molar-refractivity contribution < 1.29 is 9.84 Å². The van der Waals surface area contributed by atoms with Gasteiger partial charge in [-0.25, -0.2) is 9.67 Å². The maximum atomic E-state index is 10.8. The summed E-state index contributed by atoms with van der Waals surface area (Å²) in [5.74, 6) is 0.791. The number of aromatic nitrogens is 4. The van der Waals surface area contributed by atoms with Crippen molar-refractivity contribution in [2.45, 2.75) is 19.6 Å². The van der Waals surface area contributed by atoms with Gasteiger partial charge in [0.2, 0.25) is 0 Å². The Balaban J connectivity index is 1.50. The number of aryl methyl sites for hydroxylation is 1. The first-order valence-corrected chi connectivity index (χ1v) is 10.6. The van der Waals surface area contributed by atoms with Gasteiger partial charge in [0, 0.05) is 15.6 Å². The largest absolute Gasteiger partial charge is 0.497 e. The molecule has 1 atom stereocenters. The normalized spacial score (nSPS) is 12.1. The van der Waals surface area contributed by atoms with E-state index in [1.165, 1.54) is 11.3 Å². The summed E-state index contributed by atoms with van der Waals surface area (Å²) in [5, 5.41) is 20.0. The van der Waals surface area contributed by atoms with Gasteiger partial charge in [-0.15, -0.1) is 16.4 Å². The van der Waals surface area contributed by atoms with Crippen molar-refractivity contribution >= 4 is 27.3 Å². The van der Waals surface area contributed by atoms with Gasteiger partial charge in [-0.3, -0.25) is 0 Å². The summed E-state index contributed by atoms with van der Waals surface area (Å²) in [6.45, 7) is 2.23. The number of halogens is 1. The molecule has 2 aromatic heterocycles. The molecule has 0 aliphatic rings. The van der Waals surface area contributed by atoms with Crippen LogP contribution in [0.15, 0.2) is 59.2 Å². The van der Waals surface area contributed by atoms with E-state index in [4.69, 9.17) is 4.74 Å². The quantitative estimate of drug-likeness (QED) is 0.434. The average molecular weight is 471 g/mol. The van der Waals surface area contributed by atoms with Crippen molar-refractivity contribution in [2.24, 2.45) is 0 Å². The standard InChI is InChI=1S/C21H19BrN4O2S/c1-13-20(29-21(23-13)15-3-7-16(22)8-4-15)19(27)12-26-11-18(24-25-26)14-5-9-17(28-2)10-6-14/h3-11,19,27H,12H2,1-2H3. The van der Waals surface area contributed by atoms with Crippen molar-refractivity contribution in [1.82, 2.24) is 20.0 Å². The number of aliphatic hydroxyl groups is 1. The summed E-state index contributed by atoms with van der Waals surface area (Å²) in [5.41, 5.74) is 3.55. The Bertz CT molecular complexity index is 1110. The van der Waals surface area contributed by atoms with E-state index in [1.54, 1.807) is 11.8 Å². The number of thiazole rings is 1. The minimum atomic E-state index is -0.706. The Morgan fingerprint density at radius 2 is 1.79 bits per heavy atom. The lowest BCUT2D eigenvalue weighted by molar-refractivity contribution is 0.153. The number of aliphatic hydroxyl groups excluding tert-OH is 1. The van der Waals surface area contributed by atoms with Gasteiger partial charge in [0.05, 0.1) is 30.4 Å². The van der Waals surface area contributed by atoms with Crippen molar-refractivity contribution in [2.75, 3.05) is 7.11 Å². The summed E-state index contributed by atoms with van der Waals surface area (Å²) >= 11 is 4.95. The van der Waals surface area contributed by atoms with Gasteiger partial charge < -0.3 is 9.84 Å². The van der Waals surface area contributed by atoms with E-state index in [2.05, 4.69) is 31.2 Å². The molecular formula is C21H19BrN4O2S. The highest BCUT2D eigenvalue weighted by Gasteiger charge is 2.18. The Hall–Kier alpha value is -2.55. The minimum Gasteiger partial charge on any atom is -0.497 e. The van der Waals surface area contributed by atoms with Crippen LogP contribution in [0.1, 0.15) is 16.7 Å². The lowest BCUT2D eigenvalue weighted by Crippen LogP contribution is -2.09. The number of hydrogen-bond acceptors (Lipinski definition) is 6. The Kier molecular flexibility index (Phi) is 5.75. The zero-order valence-electron chi connectivity index (χ0n) is 15.9. The fraction of sp³-hybridized carbons (Fsp3) is 0.190. The molecule has 0 bridgehead atoms. The molecule has 0 saturated heterocycles. The van der Waals surface area contributed by atoms with Crippen LogP contribution in [0.25, 0.3) is 21.8 Å². The third-order valence-electron chi connectivity index (χ3n) is 4.51. The van der Waals surface area contributed by atoms with Crippen molar-refractivity contribution in [3.05, 3.63) is 69.8 Å². The second kappa shape index (κ2) is 8.44. The van der Waals surface area contributed by atoms with Crippen LogP contribution in [0.5, 0.6) is 5.75 Å². The van der Waals surface area contributed by atoms with Crippen LogP contribution in [0.2, 0.25) is 0 Å². The number of methoxy groups -OCH3 is 1. The van der Waals surface area contributed by atoms with E-state index in [9.17, 15) is 5.11 Å². The molecule has 0 saturated carbocycles. The first-order valence-electron chi connectivity index (χ1n) is 8.99. The summed E-state index contributed by atoms with van der Waals surface area (Å²) in [6.07, 6.45) is 1.12. The maximum absolute atomic E-state index is 10.8. The van der Waals surface area contributed by atoms with Crippen LogP contribution in [-0.4, -0.2) is 32.2 Å². The van der Waals surface area contributed by atoms with Crippen molar-refractivity contribution in [3.8, 4) is 27.6 Å². The van der Waals surface area contributed by atoms with Crippen LogP contribution in [-0.2, 0) is 6.54 Å². The highest BCUT2D eigenvalue weighted by molar-refractivity contribution is 9.10. The second-order valence-corrected chi connectivity index (χ2v) is 8.49. The van der Waals surface area contributed by atoms with E-state index >= 15 is 0 Å². The maximum Gasteiger partial charge on any atom is 0.123 e. The van der Waals surface area contributed by atoms with Gasteiger partial charge in [0.1, 0.15) is 22.6 Å². The van der Waals surface area contributed by atoms with Crippen LogP contribution >= 0.6 is 27.3 Å². The molecule has 29 heavy (non-hydrogen) atoms. The predicted molar refractivity (Wildman–Crippen MR) is 117 cm³/mol. The summed E-state index contributed by atoms with van der Waals surface area (Å²) in [4.78, 5) is 5.47. The molecule has 4 aromatic rings. The SMILES string of the molecule is COc1ccc(-c2cn(CC(O)c3sc(-c4ccc(Br)cc4)nc3C)nn2)cc1. The first-order chi connectivity index (χ1) is 14.0. The third-order valence-corrected chi connectivity index (χ3v) is 6.35. The van der Waals surface area contributed by atoms with Gasteiger partial charge in [-0.2, -0.15) is 0 Å². The lowest BCUT2D eigenvalue weighted by Gasteiger charge is -2.08. The Morgan fingerprint density at radius 1 is 1.10 bits per heavy atom. The summed E-state index contributed by atoms with van der Waals surface area (Å²) in [7, 11) is 1.64. The molecule has 2 aromatic carbocycles. The number of benzene rings is 2. The molecule has 0 aliphatic heterocycles. The molecule has 1 unspecified atom stereocenters. The molecule has 8 heteroatoms. The average Bonchev–Trinajstić information content (AvgIpc) is 3.35.